The predicted molar refractivity (Wildman–Crippen MR) is 120 cm³/mol. The van der Waals surface area contributed by atoms with Crippen LogP contribution in [0.15, 0.2) is 35.4 Å². The topological polar surface area (TPSA) is 91.8 Å². The summed E-state index contributed by atoms with van der Waals surface area (Å²) in [6.07, 6.45) is 3.86. The van der Waals surface area contributed by atoms with Gasteiger partial charge >= 0.3 is 0 Å². The van der Waals surface area contributed by atoms with Gasteiger partial charge in [0.15, 0.2) is 0 Å². The van der Waals surface area contributed by atoms with Crippen molar-refractivity contribution in [3.8, 4) is 0 Å². The van der Waals surface area contributed by atoms with Crippen LogP contribution in [0, 0.1) is 0 Å². The molecule has 1 aromatic carbocycles. The number of carbonyl (C=O) groups is 1. The fourth-order valence-corrected chi connectivity index (χ4v) is 5.86. The number of nitrogens with one attached hydrogen (secondary N) is 1. The quantitative estimate of drug-likeness (QED) is 0.699. The van der Waals surface area contributed by atoms with E-state index in [1.807, 2.05) is 6.07 Å². The van der Waals surface area contributed by atoms with Crippen LogP contribution >= 0.6 is 23.2 Å². The standard InChI is InChI=1S/C20H22Cl2N4O4S/c21-16-12-17(22)18(31(28,29)26-7-9-30-10-8-26)11-15(16)20(27)24-14-3-4-19(23-13-14)25-5-1-2-6-25/h3-4,11-13H,1-2,5-10H2,(H,24,27). The zero-order valence-corrected chi connectivity index (χ0v) is 19.0. The van der Waals surface area contributed by atoms with Gasteiger partial charge in [0, 0.05) is 26.2 Å². The molecular weight excluding hydrogens is 463 g/mol. The molecule has 2 fully saturated rings. The lowest BCUT2D eigenvalue weighted by Gasteiger charge is -2.26. The molecule has 2 saturated heterocycles. The lowest BCUT2D eigenvalue weighted by Crippen LogP contribution is -2.40. The zero-order chi connectivity index (χ0) is 22.0. The number of sulfonamides is 1. The SMILES string of the molecule is O=C(Nc1ccc(N2CCCC2)nc1)c1cc(S(=O)(=O)N2CCOCC2)c(Cl)cc1Cl. The minimum Gasteiger partial charge on any atom is -0.379 e. The van der Waals surface area contributed by atoms with Crippen LogP contribution in [0.3, 0.4) is 0 Å². The number of amides is 1. The van der Waals surface area contributed by atoms with Crippen LogP contribution in [0.5, 0.6) is 0 Å². The number of benzene rings is 1. The maximum absolute atomic E-state index is 13.0. The van der Waals surface area contributed by atoms with Crippen LogP contribution in [-0.4, -0.2) is 63.0 Å². The lowest BCUT2D eigenvalue weighted by atomic mass is 10.2. The van der Waals surface area contributed by atoms with Crippen molar-refractivity contribution < 1.29 is 17.9 Å². The van der Waals surface area contributed by atoms with E-state index in [1.165, 1.54) is 16.4 Å². The highest BCUT2D eigenvalue weighted by Gasteiger charge is 2.30. The molecule has 0 spiro atoms. The van der Waals surface area contributed by atoms with Crippen LogP contribution in [-0.2, 0) is 14.8 Å². The van der Waals surface area contributed by atoms with Gasteiger partial charge in [0.05, 0.1) is 40.7 Å². The smallest absolute Gasteiger partial charge is 0.257 e. The van der Waals surface area contributed by atoms with Crippen molar-refractivity contribution >= 4 is 50.6 Å². The zero-order valence-electron chi connectivity index (χ0n) is 16.7. The van der Waals surface area contributed by atoms with E-state index in [4.69, 9.17) is 27.9 Å². The van der Waals surface area contributed by atoms with E-state index in [1.54, 1.807) is 12.3 Å². The largest absolute Gasteiger partial charge is 0.379 e. The van der Waals surface area contributed by atoms with Crippen LogP contribution in [0.2, 0.25) is 10.0 Å². The molecule has 0 atom stereocenters. The molecule has 2 aliphatic heterocycles. The van der Waals surface area contributed by atoms with E-state index in [2.05, 4.69) is 15.2 Å². The maximum atomic E-state index is 13.0. The average Bonchev–Trinajstić information content (AvgIpc) is 3.29. The van der Waals surface area contributed by atoms with Crippen LogP contribution < -0.4 is 10.2 Å². The molecule has 8 nitrogen and oxygen atoms in total. The Bertz CT molecular complexity index is 1070. The lowest BCUT2D eigenvalue weighted by molar-refractivity contribution is 0.0730. The third-order valence-electron chi connectivity index (χ3n) is 5.29. The molecule has 3 heterocycles. The highest BCUT2D eigenvalue weighted by molar-refractivity contribution is 7.89. The Morgan fingerprint density at radius 2 is 1.74 bits per heavy atom. The van der Waals surface area contributed by atoms with E-state index >= 15 is 0 Å². The number of aromatic nitrogens is 1. The minimum absolute atomic E-state index is 0.0153. The Hall–Kier alpha value is -1.91. The van der Waals surface area contributed by atoms with Crippen molar-refractivity contribution in [3.05, 3.63) is 46.1 Å². The first kappa shape index (κ1) is 22.3. The second-order valence-electron chi connectivity index (χ2n) is 7.33. The summed E-state index contributed by atoms with van der Waals surface area (Å²) in [5, 5.41) is 2.74. The molecule has 1 amide bonds. The molecule has 4 rings (SSSR count). The Morgan fingerprint density at radius 1 is 1.03 bits per heavy atom. The summed E-state index contributed by atoms with van der Waals surface area (Å²) < 4.78 is 32.5. The molecule has 1 N–H and O–H groups in total. The van der Waals surface area contributed by atoms with Crippen molar-refractivity contribution in [1.29, 1.82) is 0 Å². The monoisotopic (exact) mass is 484 g/mol. The number of nitrogens with zero attached hydrogens (tertiary/aromatic N) is 3. The van der Waals surface area contributed by atoms with E-state index in [0.717, 1.165) is 31.7 Å². The number of morpholine rings is 1. The molecule has 2 aliphatic rings. The van der Waals surface area contributed by atoms with Gasteiger partial charge in [-0.3, -0.25) is 4.79 Å². The van der Waals surface area contributed by atoms with Gasteiger partial charge in [-0.25, -0.2) is 13.4 Å². The molecule has 0 unspecified atom stereocenters. The van der Waals surface area contributed by atoms with Gasteiger partial charge in [0.2, 0.25) is 10.0 Å². The Morgan fingerprint density at radius 3 is 2.39 bits per heavy atom. The maximum Gasteiger partial charge on any atom is 0.257 e. The minimum atomic E-state index is -3.89. The first-order chi connectivity index (χ1) is 14.9. The normalized spacial score (nSPS) is 17.7. The number of hydrogen-bond acceptors (Lipinski definition) is 6. The summed E-state index contributed by atoms with van der Waals surface area (Å²) in [7, 11) is -3.89. The molecule has 31 heavy (non-hydrogen) atoms. The summed E-state index contributed by atoms with van der Waals surface area (Å²) in [5.41, 5.74) is 0.498. The van der Waals surface area contributed by atoms with Crippen LogP contribution in [0.4, 0.5) is 11.5 Å². The second-order valence-corrected chi connectivity index (χ2v) is 10.1. The Balaban J connectivity index is 1.56. The van der Waals surface area contributed by atoms with Gasteiger partial charge in [-0.1, -0.05) is 23.2 Å². The Labute approximate surface area is 191 Å². The average molecular weight is 485 g/mol. The van der Waals surface area contributed by atoms with Crippen molar-refractivity contribution in [2.24, 2.45) is 0 Å². The molecule has 1 aromatic heterocycles. The number of hydrogen-bond donors (Lipinski definition) is 1. The van der Waals surface area contributed by atoms with E-state index in [-0.39, 0.29) is 33.6 Å². The first-order valence-corrected chi connectivity index (χ1v) is 12.1. The van der Waals surface area contributed by atoms with Gasteiger partial charge < -0.3 is 15.0 Å². The molecule has 11 heteroatoms. The number of ether oxygens (including phenoxy) is 1. The number of pyridine rings is 1. The summed E-state index contributed by atoms with van der Waals surface area (Å²) in [6, 6.07) is 6.10. The van der Waals surface area contributed by atoms with Crippen molar-refractivity contribution in [1.82, 2.24) is 9.29 Å². The number of halogens is 2. The molecule has 0 bridgehead atoms. The van der Waals surface area contributed by atoms with E-state index < -0.39 is 15.9 Å². The van der Waals surface area contributed by atoms with E-state index in [9.17, 15) is 13.2 Å². The highest BCUT2D eigenvalue weighted by atomic mass is 35.5. The fraction of sp³-hybridized carbons (Fsp3) is 0.400. The van der Waals surface area contributed by atoms with Gasteiger partial charge in [-0.2, -0.15) is 4.31 Å². The van der Waals surface area contributed by atoms with Gasteiger partial charge in [-0.15, -0.1) is 0 Å². The molecule has 0 saturated carbocycles. The summed E-state index contributed by atoms with van der Waals surface area (Å²) in [6.45, 7) is 2.99. The molecule has 0 aliphatic carbocycles. The second kappa shape index (κ2) is 9.30. The molecular formula is C20H22Cl2N4O4S. The van der Waals surface area contributed by atoms with Crippen molar-refractivity contribution in [3.63, 3.8) is 0 Å². The summed E-state index contributed by atoms with van der Waals surface area (Å²) >= 11 is 12.4. The number of carbonyl (C=O) groups excluding carboxylic acids is 1. The van der Waals surface area contributed by atoms with Crippen LogP contribution in [0.25, 0.3) is 0 Å². The highest BCUT2D eigenvalue weighted by Crippen LogP contribution is 2.31. The third kappa shape index (κ3) is 4.80. The Kier molecular flexibility index (Phi) is 6.68. The molecule has 2 aromatic rings. The number of anilines is 2. The van der Waals surface area contributed by atoms with Gasteiger partial charge in [0.25, 0.3) is 5.91 Å². The third-order valence-corrected chi connectivity index (χ3v) is 7.97. The predicted octanol–water partition coefficient (Wildman–Crippen LogP) is 3.26. The van der Waals surface area contributed by atoms with E-state index in [0.29, 0.717) is 18.9 Å². The molecule has 0 radical (unpaired) electrons. The van der Waals surface area contributed by atoms with Crippen LogP contribution in [0.1, 0.15) is 23.2 Å². The number of rotatable bonds is 5. The summed E-state index contributed by atoms with van der Waals surface area (Å²) in [4.78, 5) is 19.3. The summed E-state index contributed by atoms with van der Waals surface area (Å²) in [5.74, 6) is 0.315. The van der Waals surface area contributed by atoms with Crippen molar-refractivity contribution in [2.75, 3.05) is 49.6 Å². The first-order valence-electron chi connectivity index (χ1n) is 9.95. The van der Waals surface area contributed by atoms with Gasteiger partial charge in [-0.05, 0) is 37.1 Å². The van der Waals surface area contributed by atoms with Crippen molar-refractivity contribution in [2.45, 2.75) is 17.7 Å². The molecule has 166 valence electrons. The van der Waals surface area contributed by atoms with Gasteiger partial charge in [0.1, 0.15) is 10.7 Å². The fourth-order valence-electron chi connectivity index (χ4n) is 3.62.